The van der Waals surface area contributed by atoms with Crippen molar-refractivity contribution in [2.45, 2.75) is 76.5 Å². The van der Waals surface area contributed by atoms with Gasteiger partial charge in [-0.3, -0.25) is 0 Å². The zero-order valence-electron chi connectivity index (χ0n) is 21.9. The second kappa shape index (κ2) is 9.18. The number of hydrogen-bond acceptors (Lipinski definition) is 3. The van der Waals surface area contributed by atoms with Crippen LogP contribution in [-0.2, 0) is 10.8 Å². The minimum atomic E-state index is -0.135. The molecule has 0 amide bonds. The average Bonchev–Trinajstić information content (AvgIpc) is 2.84. The van der Waals surface area contributed by atoms with Crippen molar-refractivity contribution in [1.82, 2.24) is 0 Å². The normalized spacial score (nSPS) is 25.9. The summed E-state index contributed by atoms with van der Waals surface area (Å²) in [4.78, 5) is 0. The maximum atomic E-state index is 10.0. The van der Waals surface area contributed by atoms with E-state index in [2.05, 4.69) is 57.2 Å². The van der Waals surface area contributed by atoms with Crippen molar-refractivity contribution in [1.29, 1.82) is 0 Å². The Morgan fingerprint density at radius 2 is 1.03 bits per heavy atom. The summed E-state index contributed by atoms with van der Waals surface area (Å²) in [5.74, 6) is 2.13. The predicted molar refractivity (Wildman–Crippen MR) is 146 cm³/mol. The van der Waals surface area contributed by atoms with Crippen molar-refractivity contribution in [3.63, 3.8) is 0 Å². The van der Waals surface area contributed by atoms with Crippen LogP contribution >= 0.6 is 0 Å². The highest BCUT2D eigenvalue weighted by Gasteiger charge is 2.51. The molecule has 0 aliphatic heterocycles. The van der Waals surface area contributed by atoms with Crippen LogP contribution in [0.4, 0.5) is 0 Å². The first-order valence-electron chi connectivity index (χ1n) is 13.5. The Labute approximate surface area is 215 Å². The molecule has 3 aromatic rings. The summed E-state index contributed by atoms with van der Waals surface area (Å²) in [5, 5.41) is 29.9. The van der Waals surface area contributed by atoms with E-state index in [9.17, 15) is 15.3 Å². The van der Waals surface area contributed by atoms with Gasteiger partial charge >= 0.3 is 0 Å². The van der Waals surface area contributed by atoms with E-state index in [0.717, 1.165) is 25.7 Å². The first-order valence-corrected chi connectivity index (χ1v) is 13.5. The van der Waals surface area contributed by atoms with Crippen LogP contribution in [-0.4, -0.2) is 15.3 Å². The van der Waals surface area contributed by atoms with E-state index in [1.54, 1.807) is 24.3 Å². The lowest BCUT2D eigenvalue weighted by atomic mass is 9.49. The monoisotopic (exact) mass is 484 g/mol. The molecule has 0 bridgehead atoms. The molecule has 2 aliphatic rings. The Kier molecular flexibility index (Phi) is 6.31. The zero-order chi connectivity index (χ0) is 25.6. The third-order valence-electron chi connectivity index (χ3n) is 9.31. The van der Waals surface area contributed by atoms with Crippen molar-refractivity contribution >= 4 is 0 Å². The van der Waals surface area contributed by atoms with Gasteiger partial charge in [0.15, 0.2) is 0 Å². The van der Waals surface area contributed by atoms with Gasteiger partial charge < -0.3 is 15.3 Å². The molecule has 2 saturated carbocycles. The van der Waals surface area contributed by atoms with Crippen molar-refractivity contribution < 1.29 is 15.3 Å². The SMILES string of the molecule is CC1CC(C)(C)CC(c2ccc(O)cc2)(C2CCC(c3ccc(O)cc3)(c3ccc(O)cc3)CC2)C1. The molecule has 36 heavy (non-hydrogen) atoms. The van der Waals surface area contributed by atoms with Gasteiger partial charge in [-0.25, -0.2) is 0 Å². The zero-order valence-corrected chi connectivity index (χ0v) is 21.9. The Bertz CT molecular complexity index is 1120. The summed E-state index contributed by atoms with van der Waals surface area (Å²) in [7, 11) is 0. The van der Waals surface area contributed by atoms with Crippen LogP contribution in [0.5, 0.6) is 17.2 Å². The number of benzene rings is 3. The summed E-state index contributed by atoms with van der Waals surface area (Å²) in [6.45, 7) is 7.27. The van der Waals surface area contributed by atoms with Crippen LogP contribution in [0.1, 0.15) is 82.4 Å². The third kappa shape index (κ3) is 4.49. The van der Waals surface area contributed by atoms with E-state index in [1.165, 1.54) is 36.0 Å². The van der Waals surface area contributed by atoms with E-state index in [1.807, 2.05) is 12.1 Å². The molecule has 0 aromatic heterocycles. The van der Waals surface area contributed by atoms with Crippen molar-refractivity contribution in [2.24, 2.45) is 17.3 Å². The van der Waals surface area contributed by atoms with E-state index in [4.69, 9.17) is 0 Å². The molecule has 2 fully saturated rings. The highest BCUT2D eigenvalue weighted by molar-refractivity contribution is 5.44. The predicted octanol–water partition coefficient (Wildman–Crippen LogP) is 8.06. The molecule has 3 N–H and O–H groups in total. The molecule has 0 radical (unpaired) electrons. The molecule has 3 heteroatoms. The molecule has 5 rings (SSSR count). The highest BCUT2D eigenvalue weighted by Crippen LogP contribution is 2.59. The molecule has 2 atom stereocenters. The summed E-state index contributed by atoms with van der Waals surface area (Å²) in [6.07, 6.45) is 7.91. The molecule has 0 heterocycles. The molecule has 3 nitrogen and oxygen atoms in total. The standard InChI is InChI=1S/C33H40O3/c1-23-20-31(2,3)22-33(21-23,26-8-14-30(36)15-9-26)27-16-18-32(19-17-27,24-4-10-28(34)11-5-24)25-6-12-29(35)13-7-25/h4-15,23,27,34-36H,16-22H2,1-3H3. The van der Waals surface area contributed by atoms with Gasteiger partial charge in [-0.2, -0.15) is 0 Å². The van der Waals surface area contributed by atoms with E-state index in [0.29, 0.717) is 17.6 Å². The van der Waals surface area contributed by atoms with E-state index < -0.39 is 0 Å². The Morgan fingerprint density at radius 1 is 0.611 bits per heavy atom. The van der Waals surface area contributed by atoms with Crippen molar-refractivity contribution in [2.75, 3.05) is 0 Å². The molecule has 190 valence electrons. The summed E-state index contributed by atoms with van der Waals surface area (Å²) < 4.78 is 0. The van der Waals surface area contributed by atoms with Gasteiger partial charge in [0.05, 0.1) is 0 Å². The van der Waals surface area contributed by atoms with Crippen LogP contribution in [0.25, 0.3) is 0 Å². The first kappa shape index (κ1) is 24.7. The van der Waals surface area contributed by atoms with Crippen LogP contribution in [0.2, 0.25) is 0 Å². The molecular formula is C33H40O3. The number of hydrogen-bond donors (Lipinski definition) is 3. The van der Waals surface area contributed by atoms with E-state index >= 15 is 0 Å². The minimum absolute atomic E-state index is 0.102. The number of phenolic OH excluding ortho intramolecular Hbond substituents is 3. The van der Waals surface area contributed by atoms with Gasteiger partial charge in [0.2, 0.25) is 0 Å². The minimum Gasteiger partial charge on any atom is -0.508 e. The fraction of sp³-hybridized carbons (Fsp3) is 0.455. The molecule has 0 saturated heterocycles. The summed E-state index contributed by atoms with van der Waals surface area (Å²) in [5.41, 5.74) is 4.10. The number of aromatic hydroxyl groups is 3. The lowest BCUT2D eigenvalue weighted by molar-refractivity contribution is 0.0377. The smallest absolute Gasteiger partial charge is 0.115 e. The van der Waals surface area contributed by atoms with Crippen molar-refractivity contribution in [3.05, 3.63) is 89.5 Å². The quantitative estimate of drug-likeness (QED) is 0.351. The van der Waals surface area contributed by atoms with Gasteiger partial charge in [-0.1, -0.05) is 57.2 Å². The largest absolute Gasteiger partial charge is 0.508 e. The van der Waals surface area contributed by atoms with Gasteiger partial charge in [0.1, 0.15) is 17.2 Å². The maximum Gasteiger partial charge on any atom is 0.115 e. The summed E-state index contributed by atoms with van der Waals surface area (Å²) >= 11 is 0. The molecule has 3 aromatic carbocycles. The number of rotatable bonds is 4. The summed E-state index contributed by atoms with van der Waals surface area (Å²) in [6, 6.07) is 23.6. The molecule has 2 aliphatic carbocycles. The van der Waals surface area contributed by atoms with Gasteiger partial charge in [-0.05, 0) is 121 Å². The fourth-order valence-corrected chi connectivity index (χ4v) is 8.16. The van der Waals surface area contributed by atoms with Crippen LogP contribution < -0.4 is 0 Å². The maximum absolute atomic E-state index is 10.0. The highest BCUT2D eigenvalue weighted by atomic mass is 16.3. The Hall–Kier alpha value is -2.94. The number of phenols is 3. The second-order valence-corrected chi connectivity index (χ2v) is 12.5. The van der Waals surface area contributed by atoms with Gasteiger partial charge in [0, 0.05) is 5.41 Å². The molecular weight excluding hydrogens is 444 g/mol. The van der Waals surface area contributed by atoms with Crippen LogP contribution in [0, 0.1) is 17.3 Å². The first-order chi connectivity index (χ1) is 17.1. The van der Waals surface area contributed by atoms with Crippen molar-refractivity contribution in [3.8, 4) is 17.2 Å². The van der Waals surface area contributed by atoms with Gasteiger partial charge in [-0.15, -0.1) is 0 Å². The van der Waals surface area contributed by atoms with Crippen LogP contribution in [0.15, 0.2) is 72.8 Å². The molecule has 2 unspecified atom stereocenters. The third-order valence-corrected chi connectivity index (χ3v) is 9.31. The van der Waals surface area contributed by atoms with Crippen LogP contribution in [0.3, 0.4) is 0 Å². The topological polar surface area (TPSA) is 60.7 Å². The van der Waals surface area contributed by atoms with Gasteiger partial charge in [0.25, 0.3) is 0 Å². The lowest BCUT2D eigenvalue weighted by Crippen LogP contribution is -2.48. The second-order valence-electron chi connectivity index (χ2n) is 12.5. The Balaban J connectivity index is 1.54. The fourth-order valence-electron chi connectivity index (χ4n) is 8.16. The lowest BCUT2D eigenvalue weighted by Gasteiger charge is -2.55. The average molecular weight is 485 g/mol. The van der Waals surface area contributed by atoms with E-state index in [-0.39, 0.29) is 27.7 Å². The molecule has 0 spiro atoms. The Morgan fingerprint density at radius 3 is 1.44 bits per heavy atom.